The molecule has 1 fully saturated rings. The van der Waals surface area contributed by atoms with Crippen molar-refractivity contribution in [1.82, 2.24) is 4.90 Å². The van der Waals surface area contributed by atoms with E-state index in [0.717, 1.165) is 22.3 Å². The quantitative estimate of drug-likeness (QED) is 0.596. The van der Waals surface area contributed by atoms with Crippen molar-refractivity contribution in [3.05, 3.63) is 100 Å². The van der Waals surface area contributed by atoms with Crippen LogP contribution in [0, 0.1) is 11.8 Å². The van der Waals surface area contributed by atoms with E-state index in [4.69, 9.17) is 11.6 Å². The Morgan fingerprint density at radius 1 is 0.909 bits per heavy atom. The molecule has 0 unspecified atom stereocenters. The number of imide groups is 1. The van der Waals surface area contributed by atoms with Gasteiger partial charge in [-0.15, -0.1) is 0 Å². The lowest BCUT2D eigenvalue weighted by Gasteiger charge is -2.52. The van der Waals surface area contributed by atoms with Gasteiger partial charge in [-0.3, -0.25) is 19.3 Å². The fourth-order valence-electron chi connectivity index (χ4n) is 6.29. The molecule has 2 atom stereocenters. The van der Waals surface area contributed by atoms with Crippen molar-refractivity contribution < 1.29 is 14.4 Å². The van der Waals surface area contributed by atoms with Gasteiger partial charge in [0, 0.05) is 23.2 Å². The highest BCUT2D eigenvalue weighted by atomic mass is 35.5. The summed E-state index contributed by atoms with van der Waals surface area (Å²) in [5.74, 6) is -2.40. The van der Waals surface area contributed by atoms with Crippen molar-refractivity contribution >= 4 is 35.0 Å². The molecule has 3 aromatic carbocycles. The first-order valence-electron chi connectivity index (χ1n) is 11.1. The van der Waals surface area contributed by atoms with Crippen LogP contribution in [0.3, 0.4) is 0 Å². The first kappa shape index (κ1) is 20.2. The minimum Gasteiger partial charge on any atom is -0.325 e. The van der Waals surface area contributed by atoms with Crippen LogP contribution in [0.1, 0.15) is 35.1 Å². The van der Waals surface area contributed by atoms with E-state index in [-0.39, 0.29) is 23.6 Å². The Morgan fingerprint density at radius 2 is 1.48 bits per heavy atom. The van der Waals surface area contributed by atoms with Crippen molar-refractivity contribution in [2.75, 3.05) is 11.9 Å². The number of hydrogen-bond donors (Lipinski definition) is 1. The lowest BCUT2D eigenvalue weighted by molar-refractivity contribution is -0.141. The Balaban J connectivity index is 1.64. The molecule has 0 radical (unpaired) electrons. The van der Waals surface area contributed by atoms with Crippen LogP contribution in [0.15, 0.2) is 72.8 Å². The molecule has 2 bridgehead atoms. The SMILES string of the molecule is CCN1C(=O)[C@@H]2[C@@H](C1=O)C1c3ccccc3C2(C(=O)Nc2ccc(Cl)cc2)c2ccccc21. The molecule has 3 aliphatic carbocycles. The van der Waals surface area contributed by atoms with Gasteiger partial charge in [-0.1, -0.05) is 60.1 Å². The predicted molar refractivity (Wildman–Crippen MR) is 125 cm³/mol. The number of amides is 3. The van der Waals surface area contributed by atoms with Gasteiger partial charge in [0.2, 0.25) is 17.7 Å². The summed E-state index contributed by atoms with van der Waals surface area (Å²) in [5.41, 5.74) is 2.79. The summed E-state index contributed by atoms with van der Waals surface area (Å²) in [5, 5.41) is 3.60. The van der Waals surface area contributed by atoms with Gasteiger partial charge in [0.15, 0.2) is 0 Å². The van der Waals surface area contributed by atoms with Gasteiger partial charge < -0.3 is 5.32 Å². The van der Waals surface area contributed by atoms with Crippen molar-refractivity contribution in [2.24, 2.45) is 11.8 Å². The van der Waals surface area contributed by atoms with Gasteiger partial charge in [-0.2, -0.15) is 0 Å². The number of benzene rings is 3. The molecule has 164 valence electrons. The van der Waals surface area contributed by atoms with Crippen molar-refractivity contribution in [2.45, 2.75) is 18.3 Å². The minimum atomic E-state index is -1.30. The second-order valence-corrected chi connectivity index (χ2v) is 9.28. The fraction of sp³-hybridized carbons (Fsp3) is 0.222. The zero-order valence-corrected chi connectivity index (χ0v) is 18.7. The smallest absolute Gasteiger partial charge is 0.240 e. The third-order valence-electron chi connectivity index (χ3n) is 7.49. The maximum Gasteiger partial charge on any atom is 0.240 e. The normalized spacial score (nSPS) is 26.6. The van der Waals surface area contributed by atoms with E-state index in [1.165, 1.54) is 4.90 Å². The number of carbonyl (C=O) groups is 3. The van der Waals surface area contributed by atoms with Crippen LogP contribution in [0.2, 0.25) is 5.02 Å². The van der Waals surface area contributed by atoms with Gasteiger partial charge in [0.1, 0.15) is 5.41 Å². The number of carbonyl (C=O) groups excluding carboxylic acids is 3. The van der Waals surface area contributed by atoms with Crippen LogP contribution < -0.4 is 5.32 Å². The molecule has 1 heterocycles. The number of rotatable bonds is 3. The highest BCUT2D eigenvalue weighted by molar-refractivity contribution is 6.30. The van der Waals surface area contributed by atoms with Crippen molar-refractivity contribution in [1.29, 1.82) is 0 Å². The topological polar surface area (TPSA) is 66.5 Å². The van der Waals surface area contributed by atoms with Crippen LogP contribution in [-0.4, -0.2) is 29.2 Å². The first-order chi connectivity index (χ1) is 16.0. The molecule has 1 saturated heterocycles. The Kier molecular flexibility index (Phi) is 4.30. The molecule has 0 spiro atoms. The molecule has 1 aliphatic heterocycles. The van der Waals surface area contributed by atoms with Crippen LogP contribution >= 0.6 is 11.6 Å². The number of anilines is 1. The number of nitrogens with zero attached hydrogens (tertiary/aromatic N) is 1. The van der Waals surface area contributed by atoms with Crippen molar-refractivity contribution in [3.8, 4) is 0 Å². The van der Waals surface area contributed by atoms with Crippen molar-refractivity contribution in [3.63, 3.8) is 0 Å². The monoisotopic (exact) mass is 456 g/mol. The van der Waals surface area contributed by atoms with E-state index in [1.54, 1.807) is 31.2 Å². The predicted octanol–water partition coefficient (Wildman–Crippen LogP) is 4.34. The molecule has 4 aliphatic rings. The molecule has 6 heteroatoms. The summed E-state index contributed by atoms with van der Waals surface area (Å²) in [7, 11) is 0. The van der Waals surface area contributed by atoms with E-state index in [9.17, 15) is 14.4 Å². The minimum absolute atomic E-state index is 0.190. The molecule has 0 aromatic heterocycles. The number of nitrogens with one attached hydrogen (secondary N) is 1. The first-order valence-corrected chi connectivity index (χ1v) is 11.5. The number of likely N-dealkylation sites (tertiary alicyclic amines) is 1. The van der Waals surface area contributed by atoms with Gasteiger partial charge in [0.05, 0.1) is 11.8 Å². The van der Waals surface area contributed by atoms with Gasteiger partial charge in [0.25, 0.3) is 0 Å². The summed E-state index contributed by atoms with van der Waals surface area (Å²) >= 11 is 6.03. The number of halogens is 1. The van der Waals surface area contributed by atoms with Crippen LogP contribution in [0.25, 0.3) is 0 Å². The van der Waals surface area contributed by atoms with E-state index in [2.05, 4.69) is 5.32 Å². The summed E-state index contributed by atoms with van der Waals surface area (Å²) in [6.07, 6.45) is 0. The number of hydrogen-bond acceptors (Lipinski definition) is 3. The van der Waals surface area contributed by atoms with Crippen LogP contribution in [0.4, 0.5) is 5.69 Å². The van der Waals surface area contributed by atoms with E-state index < -0.39 is 17.3 Å². The van der Waals surface area contributed by atoms with Gasteiger partial charge in [-0.05, 0) is 53.4 Å². The van der Waals surface area contributed by atoms with Crippen LogP contribution in [0.5, 0.6) is 0 Å². The van der Waals surface area contributed by atoms with E-state index in [0.29, 0.717) is 17.3 Å². The Morgan fingerprint density at radius 3 is 2.06 bits per heavy atom. The maximum absolute atomic E-state index is 14.3. The molecule has 3 amide bonds. The summed E-state index contributed by atoms with van der Waals surface area (Å²) < 4.78 is 0. The average molecular weight is 457 g/mol. The highest BCUT2D eigenvalue weighted by Gasteiger charge is 2.70. The molecule has 33 heavy (non-hydrogen) atoms. The Labute approximate surface area is 196 Å². The molecule has 1 N–H and O–H groups in total. The molecular formula is C27H21ClN2O3. The summed E-state index contributed by atoms with van der Waals surface area (Å²) in [6, 6.07) is 22.4. The van der Waals surface area contributed by atoms with Gasteiger partial charge >= 0.3 is 0 Å². The standard InChI is InChI=1S/C27H21ClN2O3/c1-2-30-24(31)22-21-17-7-3-5-9-19(17)27(23(22)25(30)32,20-10-6-4-8-18(20)21)26(33)29-16-13-11-15(28)12-14-16/h3-14,21-23H,2H2,1H3,(H,29,33)/t21?,22-,23-,27?/m0/s1. The molecule has 0 saturated carbocycles. The fourth-order valence-corrected chi connectivity index (χ4v) is 6.42. The average Bonchev–Trinajstić information content (AvgIpc) is 3.10. The lowest BCUT2D eigenvalue weighted by Crippen LogP contribution is -2.59. The lowest BCUT2D eigenvalue weighted by atomic mass is 9.47. The second kappa shape index (κ2) is 7.03. The summed E-state index contributed by atoms with van der Waals surface area (Å²) in [6.45, 7) is 2.09. The molecule has 7 rings (SSSR count). The largest absolute Gasteiger partial charge is 0.325 e. The Bertz CT molecular complexity index is 1290. The Hall–Kier alpha value is -3.44. The highest BCUT2D eigenvalue weighted by Crippen LogP contribution is 2.64. The van der Waals surface area contributed by atoms with E-state index >= 15 is 0 Å². The molecular weight excluding hydrogens is 436 g/mol. The zero-order chi connectivity index (χ0) is 22.9. The van der Waals surface area contributed by atoms with Gasteiger partial charge in [-0.25, -0.2) is 0 Å². The second-order valence-electron chi connectivity index (χ2n) is 8.85. The third-order valence-corrected chi connectivity index (χ3v) is 7.74. The molecule has 3 aromatic rings. The summed E-state index contributed by atoms with van der Waals surface area (Å²) in [4.78, 5) is 42.9. The molecule has 5 nitrogen and oxygen atoms in total. The maximum atomic E-state index is 14.3. The third kappa shape index (κ3) is 2.46. The van der Waals surface area contributed by atoms with Crippen LogP contribution in [-0.2, 0) is 19.8 Å². The zero-order valence-electron chi connectivity index (χ0n) is 17.9. The van der Waals surface area contributed by atoms with E-state index in [1.807, 2.05) is 48.5 Å².